The Morgan fingerprint density at radius 3 is 1.89 bits per heavy atom. The molecule has 0 unspecified atom stereocenters. The smallest absolute Gasteiger partial charge is 0.303 e. The molecule has 0 bridgehead atoms. The van der Waals surface area contributed by atoms with Crippen LogP contribution in [0, 0.1) is 0 Å². The van der Waals surface area contributed by atoms with E-state index in [0.29, 0.717) is 12.4 Å². The second kappa shape index (κ2) is 17.4. The van der Waals surface area contributed by atoms with Gasteiger partial charge in [0, 0.05) is 19.3 Å². The molecule has 28 heavy (non-hydrogen) atoms. The zero-order valence-electron chi connectivity index (χ0n) is 18.4. The Bertz CT molecular complexity index is 413. The molecule has 0 aromatic rings. The van der Waals surface area contributed by atoms with Crippen LogP contribution >= 0.6 is 0 Å². The second-order valence-electron chi connectivity index (χ2n) is 8.21. The van der Waals surface area contributed by atoms with Gasteiger partial charge in [0.2, 0.25) is 0 Å². The van der Waals surface area contributed by atoms with Crippen molar-refractivity contribution < 1.29 is 18.5 Å². The van der Waals surface area contributed by atoms with Crippen molar-refractivity contribution in [1.82, 2.24) is 0 Å². The minimum Gasteiger partial charge on any atom is -0.459 e. The summed E-state index contributed by atoms with van der Waals surface area (Å²) in [5.41, 5.74) is -0.431. The lowest BCUT2D eigenvalue weighted by molar-refractivity contribution is -0.154. The number of carbonyl (C=O) groups is 1. The molecule has 4 nitrogen and oxygen atoms in total. The van der Waals surface area contributed by atoms with Crippen molar-refractivity contribution in [1.29, 1.82) is 0 Å². The van der Waals surface area contributed by atoms with Crippen LogP contribution < -0.4 is 0 Å². The molecule has 1 fully saturated rings. The molecule has 0 radical (unpaired) electrons. The lowest BCUT2D eigenvalue weighted by Gasteiger charge is -2.30. The van der Waals surface area contributed by atoms with Crippen LogP contribution in [0.4, 0.5) is 0 Å². The predicted octanol–water partition coefficient (Wildman–Crippen LogP) is 6.28. The molecule has 1 heterocycles. The van der Waals surface area contributed by atoms with Gasteiger partial charge in [-0.25, -0.2) is 0 Å². The Kier molecular flexibility index (Phi) is 16.0. The van der Waals surface area contributed by atoms with Crippen LogP contribution in [0.15, 0.2) is 0 Å². The van der Waals surface area contributed by atoms with Crippen molar-refractivity contribution in [3.05, 3.63) is 0 Å². The molecule has 0 saturated carbocycles. The fourth-order valence-corrected chi connectivity index (χ4v) is 5.35. The van der Waals surface area contributed by atoms with Gasteiger partial charge in [0.15, 0.2) is 5.44 Å². The molecule has 0 N–H and O–H groups in total. The molecular formula is C23H44O4S. The SMILES string of the molecule is CCCCCCCCCCCCCCCC[S@@](=O)[C@H]1OCCC[C@@H]1OC(C)=O. The van der Waals surface area contributed by atoms with Gasteiger partial charge in [0.05, 0.1) is 10.8 Å². The van der Waals surface area contributed by atoms with Crippen molar-refractivity contribution >= 4 is 16.8 Å². The Morgan fingerprint density at radius 1 is 0.893 bits per heavy atom. The van der Waals surface area contributed by atoms with Crippen molar-refractivity contribution in [2.45, 2.75) is 128 Å². The first-order chi connectivity index (χ1) is 13.6. The summed E-state index contributed by atoms with van der Waals surface area (Å²) >= 11 is 0. The van der Waals surface area contributed by atoms with Gasteiger partial charge < -0.3 is 9.47 Å². The highest BCUT2D eigenvalue weighted by molar-refractivity contribution is 7.85. The number of rotatable bonds is 17. The van der Waals surface area contributed by atoms with Gasteiger partial charge in [-0.3, -0.25) is 9.00 Å². The summed E-state index contributed by atoms with van der Waals surface area (Å²) in [7, 11) is -1.07. The number of hydrogen-bond acceptors (Lipinski definition) is 4. The maximum atomic E-state index is 12.5. The molecular weight excluding hydrogens is 372 g/mol. The van der Waals surface area contributed by atoms with Crippen LogP contribution in [-0.2, 0) is 25.1 Å². The van der Waals surface area contributed by atoms with E-state index in [0.717, 1.165) is 25.7 Å². The third kappa shape index (κ3) is 12.9. The Hall–Kier alpha value is -0.420. The largest absolute Gasteiger partial charge is 0.459 e. The molecule has 0 aromatic heterocycles. The number of esters is 1. The quantitative estimate of drug-likeness (QED) is 0.207. The third-order valence-corrected chi connectivity index (χ3v) is 7.14. The fourth-order valence-electron chi connectivity index (χ4n) is 3.86. The van der Waals surface area contributed by atoms with Crippen LogP contribution in [0.3, 0.4) is 0 Å². The van der Waals surface area contributed by atoms with E-state index in [1.54, 1.807) is 0 Å². The number of carbonyl (C=O) groups excluding carboxylic acids is 1. The number of hydrogen-bond donors (Lipinski definition) is 0. The third-order valence-electron chi connectivity index (χ3n) is 5.49. The van der Waals surface area contributed by atoms with Gasteiger partial charge in [0.1, 0.15) is 6.10 Å². The van der Waals surface area contributed by atoms with Crippen LogP contribution in [0.1, 0.15) is 117 Å². The van der Waals surface area contributed by atoms with Crippen LogP contribution in [0.5, 0.6) is 0 Å². The molecule has 0 amide bonds. The first kappa shape index (κ1) is 25.6. The molecule has 0 aliphatic carbocycles. The van der Waals surface area contributed by atoms with E-state index in [4.69, 9.17) is 9.47 Å². The Labute approximate surface area is 176 Å². The topological polar surface area (TPSA) is 52.6 Å². The van der Waals surface area contributed by atoms with E-state index < -0.39 is 16.2 Å². The highest BCUT2D eigenvalue weighted by Crippen LogP contribution is 2.21. The first-order valence-electron chi connectivity index (χ1n) is 11.8. The van der Waals surface area contributed by atoms with E-state index >= 15 is 0 Å². The maximum absolute atomic E-state index is 12.5. The van der Waals surface area contributed by atoms with Gasteiger partial charge in [-0.2, -0.15) is 0 Å². The number of ether oxygens (including phenoxy) is 2. The summed E-state index contributed by atoms with van der Waals surface area (Å²) in [5, 5.41) is 0. The van der Waals surface area contributed by atoms with Gasteiger partial charge in [-0.05, 0) is 19.3 Å². The molecule has 166 valence electrons. The summed E-state index contributed by atoms with van der Waals surface area (Å²) in [4.78, 5) is 11.2. The zero-order valence-corrected chi connectivity index (χ0v) is 19.2. The lowest BCUT2D eigenvalue weighted by Crippen LogP contribution is -2.41. The summed E-state index contributed by atoms with van der Waals surface area (Å²) in [6, 6.07) is 0. The van der Waals surface area contributed by atoms with E-state index in [2.05, 4.69) is 6.92 Å². The summed E-state index contributed by atoms with van der Waals surface area (Å²) < 4.78 is 23.4. The molecule has 3 atom stereocenters. The highest BCUT2D eigenvalue weighted by atomic mass is 32.2. The maximum Gasteiger partial charge on any atom is 0.303 e. The predicted molar refractivity (Wildman–Crippen MR) is 118 cm³/mol. The normalized spacial score (nSPS) is 20.8. The van der Waals surface area contributed by atoms with Crippen LogP contribution in [0.2, 0.25) is 0 Å². The summed E-state index contributed by atoms with van der Waals surface area (Å²) in [5.74, 6) is 0.342. The minimum absolute atomic E-state index is 0.311. The van der Waals surface area contributed by atoms with E-state index in [-0.39, 0.29) is 12.1 Å². The first-order valence-corrected chi connectivity index (χ1v) is 13.2. The molecule has 1 saturated heterocycles. The molecule has 5 heteroatoms. The average Bonchev–Trinajstić information content (AvgIpc) is 2.68. The fraction of sp³-hybridized carbons (Fsp3) is 0.957. The van der Waals surface area contributed by atoms with Gasteiger partial charge in [-0.15, -0.1) is 0 Å². The van der Waals surface area contributed by atoms with Gasteiger partial charge >= 0.3 is 5.97 Å². The molecule has 0 aromatic carbocycles. The molecule has 1 rings (SSSR count). The highest BCUT2D eigenvalue weighted by Gasteiger charge is 2.32. The minimum atomic E-state index is -1.07. The van der Waals surface area contributed by atoms with Crippen molar-refractivity contribution in [3.63, 3.8) is 0 Å². The van der Waals surface area contributed by atoms with Crippen LogP contribution in [-0.4, -0.2) is 34.1 Å². The summed E-state index contributed by atoms with van der Waals surface area (Å²) in [6.07, 6.45) is 19.8. The Morgan fingerprint density at radius 2 is 1.39 bits per heavy atom. The van der Waals surface area contributed by atoms with Crippen LogP contribution in [0.25, 0.3) is 0 Å². The van der Waals surface area contributed by atoms with E-state index in [1.165, 1.54) is 84.0 Å². The van der Waals surface area contributed by atoms with Gasteiger partial charge in [-0.1, -0.05) is 90.4 Å². The van der Waals surface area contributed by atoms with E-state index in [9.17, 15) is 9.00 Å². The molecule has 0 spiro atoms. The molecule has 1 aliphatic rings. The van der Waals surface area contributed by atoms with Crippen molar-refractivity contribution in [2.75, 3.05) is 12.4 Å². The van der Waals surface area contributed by atoms with E-state index in [1.807, 2.05) is 0 Å². The standard InChI is InChI=1S/C23H44O4S/c1-3-4-5-6-7-8-9-10-11-12-13-14-15-16-20-28(25)23-22(27-21(2)24)18-17-19-26-23/h22-23H,3-20H2,1-2H3/t22-,23+,28+/m0/s1. The van der Waals surface area contributed by atoms with Gasteiger partial charge in [0.25, 0.3) is 0 Å². The summed E-state index contributed by atoms with van der Waals surface area (Å²) in [6.45, 7) is 4.29. The van der Waals surface area contributed by atoms with Crippen molar-refractivity contribution in [2.24, 2.45) is 0 Å². The van der Waals surface area contributed by atoms with Crippen molar-refractivity contribution in [3.8, 4) is 0 Å². The Balaban J connectivity index is 1.93. The number of unbranched alkanes of at least 4 members (excludes halogenated alkanes) is 13. The molecule has 1 aliphatic heterocycles. The second-order valence-corrected chi connectivity index (χ2v) is 9.84. The lowest BCUT2D eigenvalue weighted by atomic mass is 10.0. The zero-order chi connectivity index (χ0) is 20.5. The average molecular weight is 417 g/mol. The monoisotopic (exact) mass is 416 g/mol.